The van der Waals surface area contributed by atoms with Crippen molar-refractivity contribution >= 4 is 50.9 Å². The summed E-state index contributed by atoms with van der Waals surface area (Å²) in [4.78, 5) is 69.4. The standard InChI is InChI=1S/C34H56N6O7S2/c1-11-12-13-22(27(41)30(43)35-10)36-29(42)23-16-21(20(2)3)17-40(23)31(44)28(34(7,8)9)38-32(45)37-26(33(4,5)6)19-39-18-24-25(14-15-48-24)49(39,46)47/h14-15,20-23,26,28H,11-13,16-19H2,1-10H3,(H,35,43)(H,36,42)(H2,37,38,45)/t21-,22?,23+,26-,28-/m1/s1. The lowest BCUT2D eigenvalue weighted by atomic mass is 9.85. The van der Waals surface area contributed by atoms with Gasteiger partial charge in [-0.05, 0) is 47.0 Å². The average Bonchev–Trinajstić information content (AvgIpc) is 3.72. The number of hydrogen-bond acceptors (Lipinski definition) is 8. The van der Waals surface area contributed by atoms with Crippen molar-refractivity contribution in [3.8, 4) is 0 Å². The quantitative estimate of drug-likeness (QED) is 0.226. The summed E-state index contributed by atoms with van der Waals surface area (Å²) in [5, 5.41) is 12.7. The zero-order valence-corrected chi connectivity index (χ0v) is 32.3. The number of hydrogen-bond donors (Lipinski definition) is 4. The van der Waals surface area contributed by atoms with Crippen LogP contribution in [0.3, 0.4) is 0 Å². The smallest absolute Gasteiger partial charge is 0.315 e. The maximum atomic E-state index is 14.4. The molecule has 1 unspecified atom stereocenters. The summed E-state index contributed by atoms with van der Waals surface area (Å²) < 4.78 is 27.7. The molecule has 3 rings (SSSR count). The van der Waals surface area contributed by atoms with Gasteiger partial charge in [-0.25, -0.2) is 13.2 Å². The largest absolute Gasteiger partial charge is 0.353 e. The fourth-order valence-corrected chi connectivity index (χ4v) is 9.10. The number of urea groups is 1. The van der Waals surface area contributed by atoms with Gasteiger partial charge in [0.1, 0.15) is 12.1 Å². The average molecular weight is 725 g/mol. The lowest BCUT2D eigenvalue weighted by Gasteiger charge is -2.37. The Morgan fingerprint density at radius 2 is 1.65 bits per heavy atom. The number of unbranched alkanes of at least 4 members (excludes halogenated alkanes) is 1. The highest BCUT2D eigenvalue weighted by Gasteiger charge is 2.47. The molecular formula is C34H56N6O7S2. The molecule has 13 nitrogen and oxygen atoms in total. The van der Waals surface area contributed by atoms with Gasteiger partial charge in [-0.1, -0.05) is 75.2 Å². The summed E-state index contributed by atoms with van der Waals surface area (Å²) in [5.41, 5.74) is -1.30. The van der Waals surface area contributed by atoms with E-state index in [9.17, 15) is 32.4 Å². The molecular weight excluding hydrogens is 669 g/mol. The van der Waals surface area contributed by atoms with Crippen molar-refractivity contribution in [2.75, 3.05) is 20.1 Å². The van der Waals surface area contributed by atoms with E-state index < -0.39 is 74.6 Å². The first-order valence-electron chi connectivity index (χ1n) is 17.1. The number of fused-ring (bicyclic) bond motifs is 1. The predicted molar refractivity (Wildman–Crippen MR) is 189 cm³/mol. The summed E-state index contributed by atoms with van der Waals surface area (Å²) >= 11 is 1.38. The molecule has 1 aromatic heterocycles. The van der Waals surface area contributed by atoms with Crippen molar-refractivity contribution in [1.82, 2.24) is 30.5 Å². The summed E-state index contributed by atoms with van der Waals surface area (Å²) in [6.45, 7) is 17.7. The third-order valence-electron chi connectivity index (χ3n) is 9.56. The van der Waals surface area contributed by atoms with Gasteiger partial charge in [0.05, 0.1) is 10.9 Å². The number of rotatable bonds is 13. The van der Waals surface area contributed by atoms with Crippen molar-refractivity contribution in [1.29, 1.82) is 0 Å². The van der Waals surface area contributed by atoms with Crippen molar-refractivity contribution in [2.24, 2.45) is 22.7 Å². The van der Waals surface area contributed by atoms with E-state index in [0.717, 1.165) is 11.3 Å². The van der Waals surface area contributed by atoms with Crippen LogP contribution in [-0.2, 0) is 35.7 Å². The molecule has 0 bridgehead atoms. The van der Waals surface area contributed by atoms with Crippen LogP contribution in [0.2, 0.25) is 0 Å². The minimum absolute atomic E-state index is 0.00574. The molecule has 1 saturated heterocycles. The Balaban J connectivity index is 1.83. The second-order valence-corrected chi connectivity index (χ2v) is 18.6. The number of nitrogens with one attached hydrogen (secondary N) is 4. The molecule has 4 N–H and O–H groups in total. The monoisotopic (exact) mass is 724 g/mol. The SMILES string of the molecule is CCCCC(NC(=O)[C@@H]1C[C@@H](C(C)C)CN1C(=O)[C@@H](NC(=O)N[C@H](CN1Cc2sccc2S1(=O)=O)C(C)(C)C)C(C)(C)C)C(=O)C(=O)NC. The van der Waals surface area contributed by atoms with E-state index in [1.807, 2.05) is 62.3 Å². The van der Waals surface area contributed by atoms with Gasteiger partial charge in [-0.15, -0.1) is 11.3 Å². The van der Waals surface area contributed by atoms with Crippen LogP contribution < -0.4 is 21.3 Å². The topological polar surface area (TPSA) is 174 Å². The normalized spacial score (nSPS) is 21.1. The Bertz CT molecular complexity index is 1490. The van der Waals surface area contributed by atoms with Crippen LogP contribution in [0.1, 0.15) is 92.9 Å². The number of likely N-dealkylation sites (tertiary alicyclic amines) is 1. The zero-order chi connectivity index (χ0) is 37.1. The van der Waals surface area contributed by atoms with Gasteiger partial charge in [0, 0.05) is 37.6 Å². The highest BCUT2D eigenvalue weighted by molar-refractivity contribution is 7.89. The van der Waals surface area contributed by atoms with Gasteiger partial charge in [-0.3, -0.25) is 19.2 Å². The van der Waals surface area contributed by atoms with Crippen molar-refractivity contribution in [2.45, 2.75) is 124 Å². The summed E-state index contributed by atoms with van der Waals surface area (Å²) in [7, 11) is -2.33. The van der Waals surface area contributed by atoms with Gasteiger partial charge in [0.25, 0.3) is 5.91 Å². The fraction of sp³-hybridized carbons (Fsp3) is 0.735. The molecule has 0 aliphatic carbocycles. The molecule has 0 spiro atoms. The van der Waals surface area contributed by atoms with Gasteiger partial charge in [-0.2, -0.15) is 4.31 Å². The number of thiophene rings is 1. The lowest BCUT2D eigenvalue weighted by molar-refractivity contribution is -0.143. The summed E-state index contributed by atoms with van der Waals surface area (Å²) in [6.07, 6.45) is 2.04. The third kappa shape index (κ3) is 9.60. The van der Waals surface area contributed by atoms with Crippen molar-refractivity contribution < 1.29 is 32.4 Å². The van der Waals surface area contributed by atoms with E-state index in [1.165, 1.54) is 27.6 Å². The van der Waals surface area contributed by atoms with Crippen LogP contribution in [0.15, 0.2) is 16.3 Å². The lowest BCUT2D eigenvalue weighted by Crippen LogP contribution is -2.61. The molecule has 5 amide bonds. The van der Waals surface area contributed by atoms with E-state index in [1.54, 1.807) is 11.4 Å². The van der Waals surface area contributed by atoms with E-state index in [4.69, 9.17) is 0 Å². The molecule has 0 saturated carbocycles. The van der Waals surface area contributed by atoms with Crippen molar-refractivity contribution in [3.63, 3.8) is 0 Å². The molecule has 276 valence electrons. The Morgan fingerprint density at radius 3 is 2.18 bits per heavy atom. The summed E-state index contributed by atoms with van der Waals surface area (Å²) in [6, 6.07) is -2.59. The number of nitrogens with zero attached hydrogens (tertiary/aromatic N) is 2. The molecule has 0 radical (unpaired) electrons. The first kappa shape index (κ1) is 40.4. The maximum absolute atomic E-state index is 14.4. The zero-order valence-electron chi connectivity index (χ0n) is 30.6. The van der Waals surface area contributed by atoms with Gasteiger partial charge >= 0.3 is 6.03 Å². The number of carbonyl (C=O) groups excluding carboxylic acids is 5. The molecule has 0 aromatic carbocycles. The summed E-state index contributed by atoms with van der Waals surface area (Å²) in [5.74, 6) is -2.34. The molecule has 3 heterocycles. The highest BCUT2D eigenvalue weighted by Crippen LogP contribution is 2.36. The Kier molecular flexibility index (Phi) is 13.1. The predicted octanol–water partition coefficient (Wildman–Crippen LogP) is 3.24. The highest BCUT2D eigenvalue weighted by atomic mass is 32.2. The van der Waals surface area contributed by atoms with E-state index >= 15 is 0 Å². The number of carbonyl (C=O) groups is 5. The molecule has 49 heavy (non-hydrogen) atoms. The van der Waals surface area contributed by atoms with Crippen LogP contribution in [0.25, 0.3) is 0 Å². The van der Waals surface area contributed by atoms with Crippen LogP contribution in [0, 0.1) is 22.7 Å². The van der Waals surface area contributed by atoms with Gasteiger partial charge in [0.15, 0.2) is 0 Å². The molecule has 5 atom stereocenters. The number of likely N-dealkylation sites (N-methyl/N-ethyl adjacent to an activating group) is 1. The number of amides is 5. The first-order valence-corrected chi connectivity index (χ1v) is 19.5. The van der Waals surface area contributed by atoms with Gasteiger partial charge < -0.3 is 26.2 Å². The van der Waals surface area contributed by atoms with Crippen LogP contribution >= 0.6 is 11.3 Å². The van der Waals surface area contributed by atoms with Gasteiger partial charge in [0.2, 0.25) is 27.6 Å². The third-order valence-corrected chi connectivity index (χ3v) is 12.5. The maximum Gasteiger partial charge on any atom is 0.315 e. The number of sulfonamides is 1. The van der Waals surface area contributed by atoms with E-state index in [0.29, 0.717) is 17.7 Å². The van der Waals surface area contributed by atoms with Crippen LogP contribution in [0.4, 0.5) is 4.79 Å². The second-order valence-electron chi connectivity index (χ2n) is 15.7. The molecule has 2 aliphatic heterocycles. The van der Waals surface area contributed by atoms with Crippen LogP contribution in [0.5, 0.6) is 0 Å². The number of ketones is 1. The Hall–Kier alpha value is -3.04. The number of Topliss-reactive ketones (excluding diaryl/α,β-unsaturated/α-hetero) is 1. The molecule has 1 fully saturated rings. The molecule has 2 aliphatic rings. The Morgan fingerprint density at radius 1 is 1.00 bits per heavy atom. The molecule has 1 aromatic rings. The van der Waals surface area contributed by atoms with E-state index in [-0.39, 0.29) is 37.9 Å². The second kappa shape index (κ2) is 15.9. The minimum atomic E-state index is -3.69. The molecule has 15 heteroatoms. The first-order chi connectivity index (χ1) is 22.6. The van der Waals surface area contributed by atoms with Crippen molar-refractivity contribution in [3.05, 3.63) is 16.3 Å². The van der Waals surface area contributed by atoms with Crippen LogP contribution in [-0.4, -0.2) is 91.5 Å². The van der Waals surface area contributed by atoms with E-state index in [2.05, 4.69) is 21.3 Å². The Labute approximate surface area is 295 Å². The fourth-order valence-electron chi connectivity index (χ4n) is 6.18. The minimum Gasteiger partial charge on any atom is -0.353 e.